The van der Waals surface area contributed by atoms with E-state index >= 15 is 0 Å². The highest BCUT2D eigenvalue weighted by Crippen LogP contribution is 2.52. The van der Waals surface area contributed by atoms with Crippen molar-refractivity contribution in [2.45, 2.75) is 65.2 Å². The number of fused-ring (bicyclic) bond motifs is 3. The number of hydrogen-bond donors (Lipinski definition) is 1. The second kappa shape index (κ2) is 4.75. The van der Waals surface area contributed by atoms with Gasteiger partial charge in [0, 0.05) is 17.0 Å². The number of H-pyrrole nitrogens is 1. The minimum atomic E-state index is 0.0625. The van der Waals surface area contributed by atoms with Gasteiger partial charge in [0.25, 0.3) is 0 Å². The van der Waals surface area contributed by atoms with E-state index in [0.29, 0.717) is 5.92 Å². The van der Waals surface area contributed by atoms with Gasteiger partial charge in [-0.15, -0.1) is 6.58 Å². The molecule has 0 radical (unpaired) electrons. The molecule has 1 heterocycles. The Morgan fingerprint density at radius 1 is 1.18 bits per heavy atom. The summed E-state index contributed by atoms with van der Waals surface area (Å²) in [5, 5.41) is 1.40. The van der Waals surface area contributed by atoms with E-state index < -0.39 is 0 Å². The highest BCUT2D eigenvalue weighted by atomic mass is 14.7. The van der Waals surface area contributed by atoms with E-state index in [2.05, 4.69) is 71.4 Å². The number of rotatable bonds is 2. The van der Waals surface area contributed by atoms with Crippen LogP contribution in [-0.2, 0) is 10.8 Å². The minimum Gasteiger partial charge on any atom is -0.361 e. The second-order valence-corrected chi connectivity index (χ2v) is 8.03. The smallest absolute Gasteiger partial charge is 0.0503 e. The maximum Gasteiger partial charge on any atom is 0.0503 e. The van der Waals surface area contributed by atoms with Gasteiger partial charge >= 0.3 is 0 Å². The molecular weight excluding hydrogens is 266 g/mol. The van der Waals surface area contributed by atoms with E-state index in [4.69, 9.17) is 0 Å². The lowest BCUT2D eigenvalue weighted by Crippen LogP contribution is -2.40. The predicted octanol–water partition coefficient (Wildman–Crippen LogP) is 5.94. The summed E-state index contributed by atoms with van der Waals surface area (Å²) in [6.45, 7) is 18.1. The molecule has 1 aliphatic rings. The molecule has 1 aromatic heterocycles. The van der Waals surface area contributed by atoms with Crippen LogP contribution in [0.3, 0.4) is 0 Å². The summed E-state index contributed by atoms with van der Waals surface area (Å²) in [7, 11) is 0. The van der Waals surface area contributed by atoms with Gasteiger partial charge in [-0.2, -0.15) is 0 Å². The van der Waals surface area contributed by atoms with Crippen molar-refractivity contribution < 1.29 is 0 Å². The van der Waals surface area contributed by atoms with Gasteiger partial charge in [0.15, 0.2) is 0 Å². The van der Waals surface area contributed by atoms with Crippen molar-refractivity contribution in [1.29, 1.82) is 0 Å². The molecule has 1 aromatic carbocycles. The van der Waals surface area contributed by atoms with Crippen LogP contribution in [0, 0.1) is 19.8 Å². The number of nitrogens with one attached hydrogen (secondary N) is 1. The van der Waals surface area contributed by atoms with Crippen LogP contribution in [-0.4, -0.2) is 4.98 Å². The third-order valence-corrected chi connectivity index (χ3v) is 6.43. The average Bonchev–Trinajstić information content (AvgIpc) is 2.86. The molecule has 3 rings (SSSR count). The Morgan fingerprint density at radius 2 is 1.86 bits per heavy atom. The van der Waals surface area contributed by atoms with Crippen molar-refractivity contribution in [3.05, 3.63) is 47.2 Å². The molecule has 1 N–H and O–H groups in total. The first-order chi connectivity index (χ1) is 10.2. The molecule has 0 saturated heterocycles. The third-order valence-electron chi connectivity index (χ3n) is 6.43. The van der Waals surface area contributed by atoms with Crippen LogP contribution < -0.4 is 0 Å². The molecule has 1 nitrogen and oxygen atoms in total. The van der Waals surface area contributed by atoms with Gasteiger partial charge in [-0.05, 0) is 60.3 Å². The van der Waals surface area contributed by atoms with Crippen LogP contribution in [0.1, 0.15) is 62.8 Å². The highest BCUT2D eigenvalue weighted by Gasteiger charge is 2.43. The van der Waals surface area contributed by atoms with E-state index in [1.807, 2.05) is 0 Å². The summed E-state index contributed by atoms with van der Waals surface area (Å²) in [5.74, 6) is 0.633. The molecule has 0 bridgehead atoms. The van der Waals surface area contributed by atoms with Crippen LogP contribution in [0.2, 0.25) is 0 Å². The standard InChI is InChI=1S/C21H29N/c1-8-20(6)9-10-21(7,13(2)3)16-11-14(4)17-15(5)12-22-19(17)18(16)20/h8,11-13,22H,1,9-10H2,2-7H3/t20-,21-/m0/s1. The summed E-state index contributed by atoms with van der Waals surface area (Å²) in [5.41, 5.74) is 7.40. The van der Waals surface area contributed by atoms with Crippen LogP contribution in [0.5, 0.6) is 0 Å². The molecule has 22 heavy (non-hydrogen) atoms. The zero-order chi connectivity index (χ0) is 16.3. The zero-order valence-corrected chi connectivity index (χ0v) is 14.9. The molecule has 0 saturated carbocycles. The molecule has 0 fully saturated rings. The summed E-state index contributed by atoms with van der Waals surface area (Å²) in [6.07, 6.45) is 6.72. The maximum absolute atomic E-state index is 4.17. The zero-order valence-electron chi connectivity index (χ0n) is 14.9. The predicted molar refractivity (Wildman–Crippen MR) is 96.7 cm³/mol. The summed E-state index contributed by atoms with van der Waals surface area (Å²) >= 11 is 0. The van der Waals surface area contributed by atoms with Gasteiger partial charge in [-0.1, -0.05) is 39.8 Å². The minimum absolute atomic E-state index is 0.0625. The molecule has 0 amide bonds. The quantitative estimate of drug-likeness (QED) is 0.660. The SMILES string of the molecule is C=C[C@@]1(C)CC[C@@](C)(C(C)C)c2cc(C)c3c(C)c[nH]c3c21. The monoisotopic (exact) mass is 295 g/mol. The lowest BCUT2D eigenvalue weighted by Gasteiger charge is -2.46. The molecule has 2 atom stereocenters. The lowest BCUT2D eigenvalue weighted by atomic mass is 9.57. The molecule has 2 aromatic rings. The first-order valence-electron chi connectivity index (χ1n) is 8.50. The highest BCUT2D eigenvalue weighted by molar-refractivity contribution is 5.91. The van der Waals surface area contributed by atoms with Crippen LogP contribution in [0.25, 0.3) is 10.9 Å². The normalized spacial score (nSPS) is 28.1. The van der Waals surface area contributed by atoms with E-state index in [-0.39, 0.29) is 10.8 Å². The molecule has 118 valence electrons. The van der Waals surface area contributed by atoms with Crippen molar-refractivity contribution in [2.24, 2.45) is 5.92 Å². The maximum atomic E-state index is 4.17. The van der Waals surface area contributed by atoms with Gasteiger partial charge in [-0.3, -0.25) is 0 Å². The molecule has 1 aliphatic carbocycles. The fourth-order valence-electron chi connectivity index (χ4n) is 4.35. The Morgan fingerprint density at radius 3 is 2.45 bits per heavy atom. The number of aromatic nitrogens is 1. The third kappa shape index (κ3) is 1.84. The summed E-state index contributed by atoms with van der Waals surface area (Å²) in [4.78, 5) is 3.58. The second-order valence-electron chi connectivity index (χ2n) is 8.03. The first-order valence-corrected chi connectivity index (χ1v) is 8.50. The van der Waals surface area contributed by atoms with Gasteiger partial charge in [0.2, 0.25) is 0 Å². The molecule has 0 spiro atoms. The van der Waals surface area contributed by atoms with E-state index in [9.17, 15) is 0 Å². The Balaban J connectivity index is 2.47. The van der Waals surface area contributed by atoms with E-state index in [1.54, 1.807) is 0 Å². The van der Waals surface area contributed by atoms with Gasteiger partial charge < -0.3 is 4.98 Å². The van der Waals surface area contributed by atoms with Crippen molar-refractivity contribution >= 4 is 10.9 Å². The lowest BCUT2D eigenvalue weighted by molar-refractivity contribution is 0.259. The Kier molecular flexibility index (Phi) is 3.32. The van der Waals surface area contributed by atoms with Crippen molar-refractivity contribution in [2.75, 3.05) is 0 Å². The van der Waals surface area contributed by atoms with Crippen LogP contribution >= 0.6 is 0 Å². The Hall–Kier alpha value is -1.50. The van der Waals surface area contributed by atoms with Crippen molar-refractivity contribution in [3.63, 3.8) is 0 Å². The van der Waals surface area contributed by atoms with Gasteiger partial charge in [-0.25, -0.2) is 0 Å². The van der Waals surface area contributed by atoms with Crippen LogP contribution in [0.15, 0.2) is 24.9 Å². The number of benzene rings is 1. The molecule has 0 aliphatic heterocycles. The Labute approximate surface area is 134 Å². The molecule has 1 heteroatoms. The topological polar surface area (TPSA) is 15.8 Å². The average molecular weight is 295 g/mol. The van der Waals surface area contributed by atoms with Crippen molar-refractivity contribution in [1.82, 2.24) is 4.98 Å². The van der Waals surface area contributed by atoms with Crippen molar-refractivity contribution in [3.8, 4) is 0 Å². The number of aryl methyl sites for hydroxylation is 2. The summed E-state index contributed by atoms with van der Waals surface area (Å²) < 4.78 is 0. The van der Waals surface area contributed by atoms with E-state index in [1.165, 1.54) is 46.0 Å². The van der Waals surface area contributed by atoms with Gasteiger partial charge in [0.05, 0.1) is 5.52 Å². The molecule has 0 unspecified atom stereocenters. The molecular formula is C21H29N. The fourth-order valence-corrected chi connectivity index (χ4v) is 4.35. The van der Waals surface area contributed by atoms with Gasteiger partial charge in [0.1, 0.15) is 0 Å². The number of hydrogen-bond acceptors (Lipinski definition) is 0. The van der Waals surface area contributed by atoms with Crippen LogP contribution in [0.4, 0.5) is 0 Å². The fraction of sp³-hybridized carbons (Fsp3) is 0.524. The first kappa shape index (κ1) is 15.4. The number of allylic oxidation sites excluding steroid dienone is 1. The summed E-state index contributed by atoms with van der Waals surface area (Å²) in [6, 6.07) is 2.46. The van der Waals surface area contributed by atoms with E-state index in [0.717, 1.165) is 0 Å². The Bertz CT molecular complexity index is 749. The largest absolute Gasteiger partial charge is 0.361 e. The number of aromatic amines is 1.